The van der Waals surface area contributed by atoms with E-state index in [1.54, 1.807) is 6.08 Å². The number of allylic oxidation sites excluding steroid dienone is 1. The Labute approximate surface area is 164 Å². The van der Waals surface area contributed by atoms with E-state index in [0.717, 1.165) is 27.5 Å². The molecule has 1 heterocycles. The minimum absolute atomic E-state index is 0.0590. The van der Waals surface area contributed by atoms with Crippen molar-refractivity contribution < 1.29 is 13.9 Å². The fraction of sp³-hybridized carbons (Fsp3) is 0.174. The summed E-state index contributed by atoms with van der Waals surface area (Å²) in [6.07, 6.45) is 3.18. The van der Waals surface area contributed by atoms with Gasteiger partial charge in [-0.1, -0.05) is 41.4 Å². The number of aryl methyl sites for hydroxylation is 3. The van der Waals surface area contributed by atoms with Crippen LogP contribution in [0, 0.1) is 20.8 Å². The quantitative estimate of drug-likeness (QED) is 0.370. The van der Waals surface area contributed by atoms with Crippen LogP contribution < -0.4 is 4.74 Å². The van der Waals surface area contributed by atoms with Gasteiger partial charge in [0.15, 0.2) is 5.78 Å². The van der Waals surface area contributed by atoms with Crippen molar-refractivity contribution in [2.24, 2.45) is 0 Å². The first-order chi connectivity index (χ1) is 12.9. The normalized spacial score (nSPS) is 11.1. The molecule has 0 aliphatic heterocycles. The molecule has 0 fully saturated rings. The van der Waals surface area contributed by atoms with Crippen LogP contribution in [0.15, 0.2) is 59.0 Å². The second-order valence-electron chi connectivity index (χ2n) is 6.53. The predicted molar refractivity (Wildman–Crippen MR) is 109 cm³/mol. The van der Waals surface area contributed by atoms with E-state index in [1.165, 1.54) is 6.08 Å². The molecule has 4 heteroatoms. The summed E-state index contributed by atoms with van der Waals surface area (Å²) in [6.45, 7) is 6.19. The van der Waals surface area contributed by atoms with Crippen molar-refractivity contribution in [1.29, 1.82) is 0 Å². The van der Waals surface area contributed by atoms with Gasteiger partial charge in [0.25, 0.3) is 0 Å². The summed E-state index contributed by atoms with van der Waals surface area (Å²) in [7, 11) is 0. The van der Waals surface area contributed by atoms with E-state index in [2.05, 4.69) is 0 Å². The van der Waals surface area contributed by atoms with Crippen LogP contribution in [0.25, 0.3) is 6.08 Å². The number of carbonyl (C=O) groups excluding carboxylic acids is 1. The fourth-order valence-electron chi connectivity index (χ4n) is 2.68. The first-order valence-electron chi connectivity index (χ1n) is 8.70. The van der Waals surface area contributed by atoms with Gasteiger partial charge in [0.05, 0.1) is 0 Å². The minimum atomic E-state index is -0.0590. The average molecular weight is 381 g/mol. The van der Waals surface area contributed by atoms with Crippen LogP contribution in [0.2, 0.25) is 5.02 Å². The molecule has 0 saturated heterocycles. The predicted octanol–water partition coefficient (Wildman–Crippen LogP) is 6.33. The second-order valence-corrected chi connectivity index (χ2v) is 6.91. The first kappa shape index (κ1) is 19.0. The van der Waals surface area contributed by atoms with Crippen molar-refractivity contribution in [2.75, 3.05) is 0 Å². The number of ketones is 1. The van der Waals surface area contributed by atoms with Crippen molar-refractivity contribution in [3.8, 4) is 5.75 Å². The van der Waals surface area contributed by atoms with Gasteiger partial charge in [-0.2, -0.15) is 0 Å². The van der Waals surface area contributed by atoms with E-state index in [0.29, 0.717) is 23.7 Å². The van der Waals surface area contributed by atoms with Gasteiger partial charge in [-0.25, -0.2) is 0 Å². The molecule has 3 aromatic rings. The number of carbonyl (C=O) groups is 1. The highest BCUT2D eigenvalue weighted by molar-refractivity contribution is 6.32. The first-order valence-corrected chi connectivity index (χ1v) is 9.07. The summed E-state index contributed by atoms with van der Waals surface area (Å²) in [5, 5.41) is 0.756. The molecular weight excluding hydrogens is 360 g/mol. The van der Waals surface area contributed by atoms with Gasteiger partial charge in [-0.3, -0.25) is 4.79 Å². The number of hydrogen-bond donors (Lipinski definition) is 0. The number of furan rings is 1. The van der Waals surface area contributed by atoms with Crippen LogP contribution >= 0.6 is 11.6 Å². The second kappa shape index (κ2) is 8.28. The maximum absolute atomic E-state index is 12.2. The van der Waals surface area contributed by atoms with Gasteiger partial charge < -0.3 is 9.15 Å². The van der Waals surface area contributed by atoms with E-state index in [9.17, 15) is 4.79 Å². The molecule has 0 radical (unpaired) electrons. The van der Waals surface area contributed by atoms with Gasteiger partial charge in [0.2, 0.25) is 0 Å². The van der Waals surface area contributed by atoms with Crippen molar-refractivity contribution in [3.63, 3.8) is 0 Å². The molecule has 3 rings (SSSR count). The Morgan fingerprint density at radius 1 is 1.04 bits per heavy atom. The number of hydrogen-bond acceptors (Lipinski definition) is 3. The lowest BCUT2D eigenvalue weighted by Gasteiger charge is -2.08. The van der Waals surface area contributed by atoms with Gasteiger partial charge in [0.1, 0.15) is 23.9 Å². The molecule has 0 aliphatic rings. The van der Waals surface area contributed by atoms with Crippen LogP contribution in [0.3, 0.4) is 0 Å². The average Bonchev–Trinajstić information content (AvgIpc) is 3.11. The van der Waals surface area contributed by atoms with Crippen molar-refractivity contribution in [2.45, 2.75) is 27.4 Å². The smallest absolute Gasteiger partial charge is 0.185 e. The molecule has 27 heavy (non-hydrogen) atoms. The fourth-order valence-corrected chi connectivity index (χ4v) is 2.79. The molecule has 0 N–H and O–H groups in total. The zero-order valence-electron chi connectivity index (χ0n) is 15.6. The SMILES string of the molecule is Cc1ccc(C(=O)/C=C/c2ccc(COc3cc(C)c(Cl)c(C)c3)o2)cc1. The van der Waals surface area contributed by atoms with Gasteiger partial charge in [0, 0.05) is 10.6 Å². The number of ether oxygens (including phenoxy) is 1. The Morgan fingerprint density at radius 3 is 2.37 bits per heavy atom. The van der Waals surface area contributed by atoms with Crippen LogP contribution in [-0.2, 0) is 6.61 Å². The lowest BCUT2D eigenvalue weighted by Crippen LogP contribution is -1.95. The molecule has 0 saturated carbocycles. The van der Waals surface area contributed by atoms with Crippen LogP contribution in [-0.4, -0.2) is 5.78 Å². The molecule has 0 unspecified atom stereocenters. The van der Waals surface area contributed by atoms with E-state index in [-0.39, 0.29) is 5.78 Å². The van der Waals surface area contributed by atoms with Crippen molar-refractivity contribution in [1.82, 2.24) is 0 Å². The molecule has 0 amide bonds. The highest BCUT2D eigenvalue weighted by Gasteiger charge is 2.06. The molecule has 2 aromatic carbocycles. The van der Waals surface area contributed by atoms with Gasteiger partial charge >= 0.3 is 0 Å². The standard InChI is InChI=1S/C23H21ClO3/c1-15-4-6-18(7-5-15)22(25)11-10-19-8-9-20(27-19)14-26-21-12-16(2)23(24)17(3)13-21/h4-13H,14H2,1-3H3/b11-10+. The van der Waals surface area contributed by atoms with Crippen LogP contribution in [0.5, 0.6) is 5.75 Å². The zero-order chi connectivity index (χ0) is 19.4. The third kappa shape index (κ3) is 4.89. The molecule has 138 valence electrons. The maximum atomic E-state index is 12.2. The Morgan fingerprint density at radius 2 is 1.70 bits per heavy atom. The van der Waals surface area contributed by atoms with E-state index >= 15 is 0 Å². The Balaban J connectivity index is 1.61. The Hall–Kier alpha value is -2.78. The molecule has 1 aromatic heterocycles. The third-order valence-electron chi connectivity index (χ3n) is 4.21. The highest BCUT2D eigenvalue weighted by atomic mass is 35.5. The molecule has 0 atom stereocenters. The zero-order valence-corrected chi connectivity index (χ0v) is 16.3. The molecular formula is C23H21ClO3. The van der Waals surface area contributed by atoms with Gasteiger partial charge in [-0.15, -0.1) is 0 Å². The number of benzene rings is 2. The molecule has 0 spiro atoms. The summed E-state index contributed by atoms with van der Waals surface area (Å²) in [5.74, 6) is 1.98. The molecule has 0 aliphatic carbocycles. The maximum Gasteiger partial charge on any atom is 0.185 e. The van der Waals surface area contributed by atoms with Gasteiger partial charge in [-0.05, 0) is 68.3 Å². The van der Waals surface area contributed by atoms with Crippen LogP contribution in [0.1, 0.15) is 38.6 Å². The summed E-state index contributed by atoms with van der Waals surface area (Å²) in [6, 6.07) is 14.9. The minimum Gasteiger partial charge on any atom is -0.486 e. The van der Waals surface area contributed by atoms with Crippen molar-refractivity contribution >= 4 is 23.5 Å². The lowest BCUT2D eigenvalue weighted by molar-refractivity contribution is 0.104. The van der Waals surface area contributed by atoms with E-state index < -0.39 is 0 Å². The number of halogens is 1. The summed E-state index contributed by atoms with van der Waals surface area (Å²) >= 11 is 6.17. The van der Waals surface area contributed by atoms with E-state index in [1.807, 2.05) is 69.3 Å². The molecule has 3 nitrogen and oxygen atoms in total. The lowest BCUT2D eigenvalue weighted by atomic mass is 10.1. The molecule has 0 bridgehead atoms. The van der Waals surface area contributed by atoms with Crippen LogP contribution in [0.4, 0.5) is 0 Å². The topological polar surface area (TPSA) is 39.4 Å². The van der Waals surface area contributed by atoms with E-state index in [4.69, 9.17) is 20.8 Å². The Kier molecular flexibility index (Phi) is 5.82. The summed E-state index contributed by atoms with van der Waals surface area (Å²) in [4.78, 5) is 12.2. The largest absolute Gasteiger partial charge is 0.486 e. The monoisotopic (exact) mass is 380 g/mol. The summed E-state index contributed by atoms with van der Waals surface area (Å²) in [5.41, 5.74) is 3.73. The third-order valence-corrected chi connectivity index (χ3v) is 4.80. The van der Waals surface area contributed by atoms with Crippen molar-refractivity contribution in [3.05, 3.63) is 93.4 Å². The summed E-state index contributed by atoms with van der Waals surface area (Å²) < 4.78 is 11.5. The number of rotatable bonds is 6. The highest BCUT2D eigenvalue weighted by Crippen LogP contribution is 2.26. The Bertz CT molecular complexity index is 958.